The van der Waals surface area contributed by atoms with Crippen LogP contribution in [0.15, 0.2) is 41.0 Å². The summed E-state index contributed by atoms with van der Waals surface area (Å²) in [4.78, 5) is 25.1. The fraction of sp³-hybridized carbons (Fsp3) is 0.435. The zero-order valence-electron chi connectivity index (χ0n) is 18.7. The Bertz CT molecular complexity index is 960. The van der Waals surface area contributed by atoms with Crippen molar-refractivity contribution in [3.05, 3.63) is 46.6 Å². The minimum atomic E-state index is -0.925. The highest BCUT2D eigenvalue weighted by Crippen LogP contribution is 2.43. The lowest BCUT2D eigenvalue weighted by Gasteiger charge is -2.28. The number of carbonyl (C=O) groups is 2. The molecule has 9 nitrogen and oxygen atoms in total. The van der Waals surface area contributed by atoms with Crippen molar-refractivity contribution in [2.75, 3.05) is 26.9 Å². The lowest BCUT2D eigenvalue weighted by Crippen LogP contribution is -2.27. The average Bonchev–Trinajstić information content (AvgIpc) is 2.77. The number of methoxy groups -OCH3 is 1. The number of nitriles is 1. The van der Waals surface area contributed by atoms with Crippen LogP contribution in [0.25, 0.3) is 0 Å². The maximum atomic E-state index is 12.9. The van der Waals surface area contributed by atoms with Crippen molar-refractivity contribution in [3.8, 4) is 17.6 Å². The molecule has 0 amide bonds. The smallest absolute Gasteiger partial charge is 0.338 e. The van der Waals surface area contributed by atoms with Crippen LogP contribution in [0.4, 0.5) is 0 Å². The second-order valence-corrected chi connectivity index (χ2v) is 6.72. The van der Waals surface area contributed by atoms with E-state index in [0.29, 0.717) is 23.7 Å². The Kier molecular flexibility index (Phi) is 8.95. The van der Waals surface area contributed by atoms with E-state index in [-0.39, 0.29) is 42.4 Å². The van der Waals surface area contributed by atoms with Gasteiger partial charge in [0.2, 0.25) is 5.88 Å². The zero-order valence-corrected chi connectivity index (χ0v) is 18.7. The summed E-state index contributed by atoms with van der Waals surface area (Å²) in [6.07, 6.45) is 0.475. The molecule has 1 aromatic carbocycles. The number of rotatable bonds is 10. The highest BCUT2D eigenvalue weighted by Gasteiger charge is 2.38. The summed E-state index contributed by atoms with van der Waals surface area (Å²) in [7, 11) is 1.49. The summed E-state index contributed by atoms with van der Waals surface area (Å²) in [6, 6.07) is 7.07. The molecule has 1 heterocycles. The second kappa shape index (κ2) is 11.6. The molecule has 0 fully saturated rings. The van der Waals surface area contributed by atoms with Gasteiger partial charge in [-0.05, 0) is 38.0 Å². The van der Waals surface area contributed by atoms with Gasteiger partial charge in [0.15, 0.2) is 11.5 Å². The maximum Gasteiger partial charge on any atom is 0.338 e. The van der Waals surface area contributed by atoms with Crippen molar-refractivity contribution in [2.24, 2.45) is 5.73 Å². The molecule has 0 aliphatic carbocycles. The van der Waals surface area contributed by atoms with Crippen molar-refractivity contribution in [3.63, 3.8) is 0 Å². The van der Waals surface area contributed by atoms with Crippen LogP contribution < -0.4 is 15.2 Å². The number of benzene rings is 1. The molecular weight excluding hydrogens is 416 g/mol. The van der Waals surface area contributed by atoms with Gasteiger partial charge in [0.05, 0.1) is 38.4 Å². The number of hydrogen-bond acceptors (Lipinski definition) is 9. The monoisotopic (exact) mass is 444 g/mol. The van der Waals surface area contributed by atoms with Gasteiger partial charge in [0.1, 0.15) is 23.8 Å². The number of allylic oxidation sites excluding steroid dienone is 1. The van der Waals surface area contributed by atoms with Gasteiger partial charge in [0.25, 0.3) is 0 Å². The summed E-state index contributed by atoms with van der Waals surface area (Å²) in [5, 5.41) is 9.78. The molecule has 32 heavy (non-hydrogen) atoms. The van der Waals surface area contributed by atoms with Crippen LogP contribution >= 0.6 is 0 Å². The largest absolute Gasteiger partial charge is 0.493 e. The van der Waals surface area contributed by atoms with Crippen LogP contribution in [0, 0.1) is 11.3 Å². The van der Waals surface area contributed by atoms with Crippen LogP contribution in [0.3, 0.4) is 0 Å². The minimum absolute atomic E-state index is 0.00920. The van der Waals surface area contributed by atoms with E-state index in [2.05, 4.69) is 0 Å². The SMILES string of the molecule is CCCOc1ccc([C@@H]2C(C#N)=C(N)OC(CC(=O)OCC)=C2C(=O)OCC)cc1OC. The third-order valence-corrected chi connectivity index (χ3v) is 4.59. The molecule has 0 unspecified atom stereocenters. The highest BCUT2D eigenvalue weighted by molar-refractivity contribution is 5.93. The Morgan fingerprint density at radius 3 is 2.47 bits per heavy atom. The lowest BCUT2D eigenvalue weighted by atomic mass is 9.82. The molecule has 0 saturated carbocycles. The predicted molar refractivity (Wildman–Crippen MR) is 114 cm³/mol. The van der Waals surface area contributed by atoms with Crippen molar-refractivity contribution in [1.82, 2.24) is 0 Å². The molecule has 1 aliphatic rings. The first-order valence-electron chi connectivity index (χ1n) is 10.4. The average molecular weight is 444 g/mol. The number of hydrogen-bond donors (Lipinski definition) is 1. The third-order valence-electron chi connectivity index (χ3n) is 4.59. The summed E-state index contributed by atoms with van der Waals surface area (Å²) in [5.41, 5.74) is 6.55. The Labute approximate surface area is 187 Å². The molecule has 9 heteroatoms. The first-order chi connectivity index (χ1) is 15.4. The molecule has 0 aromatic heterocycles. The Hall–Kier alpha value is -3.67. The second-order valence-electron chi connectivity index (χ2n) is 6.72. The molecule has 1 aromatic rings. The Morgan fingerprint density at radius 2 is 1.88 bits per heavy atom. The number of ether oxygens (including phenoxy) is 5. The zero-order chi connectivity index (χ0) is 23.7. The van der Waals surface area contributed by atoms with E-state index in [9.17, 15) is 14.9 Å². The van der Waals surface area contributed by atoms with E-state index in [0.717, 1.165) is 6.42 Å². The van der Waals surface area contributed by atoms with Crippen LogP contribution in [-0.4, -0.2) is 38.9 Å². The minimum Gasteiger partial charge on any atom is -0.493 e. The molecule has 0 spiro atoms. The van der Waals surface area contributed by atoms with Gasteiger partial charge >= 0.3 is 11.9 Å². The normalized spacial score (nSPS) is 15.5. The van der Waals surface area contributed by atoms with E-state index >= 15 is 0 Å². The van der Waals surface area contributed by atoms with E-state index in [4.69, 9.17) is 29.4 Å². The molecule has 0 radical (unpaired) electrons. The molecule has 2 N–H and O–H groups in total. The third kappa shape index (κ3) is 5.52. The maximum absolute atomic E-state index is 12.9. The van der Waals surface area contributed by atoms with E-state index in [1.807, 2.05) is 13.0 Å². The summed E-state index contributed by atoms with van der Waals surface area (Å²) in [6.45, 7) is 6.06. The first-order valence-corrected chi connectivity index (χ1v) is 10.4. The van der Waals surface area contributed by atoms with Gasteiger partial charge in [-0.3, -0.25) is 4.79 Å². The summed E-state index contributed by atoms with van der Waals surface area (Å²) in [5.74, 6) is -1.52. The van der Waals surface area contributed by atoms with Gasteiger partial charge in [-0.1, -0.05) is 13.0 Å². The summed E-state index contributed by atoms with van der Waals surface area (Å²) < 4.78 is 26.9. The van der Waals surface area contributed by atoms with E-state index in [1.165, 1.54) is 7.11 Å². The molecule has 0 bridgehead atoms. The fourth-order valence-corrected chi connectivity index (χ4v) is 3.25. The van der Waals surface area contributed by atoms with Crippen LogP contribution in [0.5, 0.6) is 11.5 Å². The van der Waals surface area contributed by atoms with Crippen LogP contribution in [-0.2, 0) is 23.8 Å². The van der Waals surface area contributed by atoms with Crippen molar-refractivity contribution >= 4 is 11.9 Å². The quantitative estimate of drug-likeness (QED) is 0.541. The van der Waals surface area contributed by atoms with Crippen LogP contribution in [0.2, 0.25) is 0 Å². The molecule has 1 aliphatic heterocycles. The van der Waals surface area contributed by atoms with E-state index in [1.54, 1.807) is 32.0 Å². The van der Waals surface area contributed by atoms with Gasteiger partial charge in [0, 0.05) is 0 Å². The van der Waals surface area contributed by atoms with Gasteiger partial charge < -0.3 is 29.4 Å². The number of nitrogens with two attached hydrogens (primary N) is 1. The van der Waals surface area contributed by atoms with E-state index < -0.39 is 17.9 Å². The predicted octanol–water partition coefficient (Wildman–Crippen LogP) is 3.06. The lowest BCUT2D eigenvalue weighted by molar-refractivity contribution is -0.143. The number of carbonyl (C=O) groups excluding carboxylic acids is 2. The Morgan fingerprint density at radius 1 is 1.16 bits per heavy atom. The first kappa shape index (κ1) is 24.6. The molecular formula is C23H28N2O7. The Balaban J connectivity index is 2.65. The topological polar surface area (TPSA) is 130 Å². The van der Waals surface area contributed by atoms with Gasteiger partial charge in [-0.15, -0.1) is 0 Å². The molecule has 1 atom stereocenters. The van der Waals surface area contributed by atoms with Crippen molar-refractivity contribution in [2.45, 2.75) is 39.5 Å². The van der Waals surface area contributed by atoms with Crippen molar-refractivity contribution in [1.29, 1.82) is 5.26 Å². The number of esters is 2. The molecule has 2 rings (SSSR count). The van der Waals surface area contributed by atoms with Crippen LogP contribution in [0.1, 0.15) is 45.1 Å². The molecule has 172 valence electrons. The standard InChI is InChI=1S/C23H28N2O7/c1-5-10-31-16-9-8-14(11-17(16)28-4)20-15(13-24)22(25)32-18(12-19(26)29-6-2)21(20)23(27)30-7-3/h8-9,11,20H,5-7,10,12,25H2,1-4H3/t20-/m1/s1. The fourth-order valence-electron chi connectivity index (χ4n) is 3.25. The number of nitrogens with zero attached hydrogens (tertiary/aromatic N) is 1. The molecule has 0 saturated heterocycles. The van der Waals surface area contributed by atoms with Gasteiger partial charge in [-0.25, -0.2) is 4.79 Å². The van der Waals surface area contributed by atoms with Crippen molar-refractivity contribution < 1.29 is 33.3 Å². The highest BCUT2D eigenvalue weighted by atomic mass is 16.5. The summed E-state index contributed by atoms with van der Waals surface area (Å²) >= 11 is 0. The van der Waals surface area contributed by atoms with Gasteiger partial charge in [-0.2, -0.15) is 5.26 Å².